The summed E-state index contributed by atoms with van der Waals surface area (Å²) in [4.78, 5) is 0. The monoisotopic (exact) mass is 224 g/mol. The Morgan fingerprint density at radius 3 is 1.62 bits per heavy atom. The molecule has 96 valence electrons. The van der Waals surface area contributed by atoms with E-state index < -0.39 is 0 Å². The first kappa shape index (κ1) is 14.1. The van der Waals surface area contributed by atoms with E-state index in [9.17, 15) is 0 Å². The van der Waals surface area contributed by atoms with Gasteiger partial charge in [-0.05, 0) is 47.3 Å². The van der Waals surface area contributed by atoms with Crippen LogP contribution in [0.5, 0.6) is 0 Å². The third kappa shape index (κ3) is 2.05. The zero-order valence-corrected chi connectivity index (χ0v) is 12.7. The molecule has 5 atom stereocenters. The Kier molecular flexibility index (Phi) is 4.13. The molecule has 0 aromatic heterocycles. The molecule has 1 aliphatic rings. The molecular formula is C16H32. The third-order valence-electron chi connectivity index (χ3n) is 6.48. The Morgan fingerprint density at radius 2 is 1.31 bits per heavy atom. The van der Waals surface area contributed by atoms with Crippen molar-refractivity contribution in [2.24, 2.45) is 40.9 Å². The molecule has 0 amide bonds. The highest BCUT2D eigenvalue weighted by Gasteiger charge is 2.51. The standard InChI is InChI=1S/C16H32/c1-10(2)13(5)14(6)15(7)16(8)11(3)9-12(16)4/h10-15H,9H2,1-8H3. The maximum Gasteiger partial charge on any atom is -0.0246 e. The van der Waals surface area contributed by atoms with Gasteiger partial charge in [0, 0.05) is 0 Å². The number of hydrogen-bond acceptors (Lipinski definition) is 0. The van der Waals surface area contributed by atoms with E-state index in [-0.39, 0.29) is 0 Å². The number of rotatable bonds is 4. The topological polar surface area (TPSA) is 0 Å². The maximum atomic E-state index is 2.53. The minimum Gasteiger partial charge on any atom is -0.0625 e. The first-order valence-corrected chi connectivity index (χ1v) is 7.22. The summed E-state index contributed by atoms with van der Waals surface area (Å²) >= 11 is 0. The molecule has 0 radical (unpaired) electrons. The highest BCUT2D eigenvalue weighted by atomic mass is 14.6. The second kappa shape index (κ2) is 4.70. The summed E-state index contributed by atoms with van der Waals surface area (Å²) in [5.74, 6) is 5.18. The van der Waals surface area contributed by atoms with Crippen LogP contribution in [-0.4, -0.2) is 0 Å². The molecule has 0 N–H and O–H groups in total. The predicted octanol–water partition coefficient (Wildman–Crippen LogP) is 5.23. The fourth-order valence-electron chi connectivity index (χ4n) is 3.89. The lowest BCUT2D eigenvalue weighted by molar-refractivity contribution is -0.0904. The van der Waals surface area contributed by atoms with Gasteiger partial charge in [-0.25, -0.2) is 0 Å². The highest BCUT2D eigenvalue weighted by Crippen LogP contribution is 2.58. The smallest absolute Gasteiger partial charge is 0.0246 e. The molecule has 0 aromatic rings. The molecule has 0 heteroatoms. The zero-order valence-electron chi connectivity index (χ0n) is 12.7. The van der Waals surface area contributed by atoms with E-state index in [0.717, 1.165) is 35.5 Å². The van der Waals surface area contributed by atoms with Crippen LogP contribution in [0.4, 0.5) is 0 Å². The average molecular weight is 224 g/mol. The van der Waals surface area contributed by atoms with Gasteiger partial charge in [-0.3, -0.25) is 0 Å². The van der Waals surface area contributed by atoms with Gasteiger partial charge in [0.15, 0.2) is 0 Å². The van der Waals surface area contributed by atoms with Crippen molar-refractivity contribution in [2.75, 3.05) is 0 Å². The van der Waals surface area contributed by atoms with Crippen molar-refractivity contribution in [3.05, 3.63) is 0 Å². The largest absolute Gasteiger partial charge is 0.0625 e. The lowest BCUT2D eigenvalue weighted by atomic mass is 9.47. The lowest BCUT2D eigenvalue weighted by Gasteiger charge is -2.58. The van der Waals surface area contributed by atoms with Crippen LogP contribution >= 0.6 is 0 Å². The van der Waals surface area contributed by atoms with Gasteiger partial charge in [-0.1, -0.05) is 55.4 Å². The molecule has 1 saturated carbocycles. The van der Waals surface area contributed by atoms with Crippen molar-refractivity contribution >= 4 is 0 Å². The molecule has 1 aliphatic carbocycles. The second-order valence-corrected chi connectivity index (χ2v) is 7.15. The van der Waals surface area contributed by atoms with Gasteiger partial charge in [0.2, 0.25) is 0 Å². The van der Waals surface area contributed by atoms with Crippen LogP contribution in [0, 0.1) is 40.9 Å². The zero-order chi connectivity index (χ0) is 12.7. The fourth-order valence-corrected chi connectivity index (χ4v) is 3.89. The molecule has 1 fully saturated rings. The van der Waals surface area contributed by atoms with E-state index >= 15 is 0 Å². The van der Waals surface area contributed by atoms with Crippen molar-refractivity contribution < 1.29 is 0 Å². The van der Waals surface area contributed by atoms with E-state index in [0.29, 0.717) is 5.41 Å². The average Bonchev–Trinajstić information content (AvgIpc) is 2.25. The fraction of sp³-hybridized carbons (Fsp3) is 1.00. The Bertz CT molecular complexity index is 220. The normalized spacial score (nSPS) is 40.3. The summed E-state index contributed by atoms with van der Waals surface area (Å²) in [7, 11) is 0. The SMILES string of the molecule is CC(C)C(C)C(C)C(C)C1(C)C(C)CC1C. The van der Waals surface area contributed by atoms with Gasteiger partial charge in [0.05, 0.1) is 0 Å². The van der Waals surface area contributed by atoms with E-state index in [4.69, 9.17) is 0 Å². The Hall–Kier alpha value is 0. The van der Waals surface area contributed by atoms with Crippen molar-refractivity contribution in [3.63, 3.8) is 0 Å². The van der Waals surface area contributed by atoms with E-state index in [1.54, 1.807) is 0 Å². The molecule has 0 aliphatic heterocycles. The summed E-state index contributed by atoms with van der Waals surface area (Å²) in [5.41, 5.74) is 0.586. The van der Waals surface area contributed by atoms with Gasteiger partial charge in [-0.15, -0.1) is 0 Å². The van der Waals surface area contributed by atoms with Crippen LogP contribution in [0.15, 0.2) is 0 Å². The molecule has 0 aromatic carbocycles. The molecule has 5 unspecified atom stereocenters. The molecular weight excluding hydrogens is 192 g/mol. The van der Waals surface area contributed by atoms with Crippen molar-refractivity contribution in [3.8, 4) is 0 Å². The number of hydrogen-bond donors (Lipinski definition) is 0. The van der Waals surface area contributed by atoms with Crippen molar-refractivity contribution in [2.45, 2.75) is 61.8 Å². The summed E-state index contributed by atoms with van der Waals surface area (Å²) in [6, 6.07) is 0. The first-order valence-electron chi connectivity index (χ1n) is 7.22. The third-order valence-corrected chi connectivity index (χ3v) is 6.48. The molecule has 0 nitrogen and oxygen atoms in total. The first-order chi connectivity index (χ1) is 7.22. The molecule has 0 heterocycles. The summed E-state index contributed by atoms with van der Waals surface area (Å²) < 4.78 is 0. The van der Waals surface area contributed by atoms with E-state index in [1.807, 2.05) is 0 Å². The van der Waals surface area contributed by atoms with Crippen LogP contribution in [0.2, 0.25) is 0 Å². The van der Waals surface area contributed by atoms with Crippen molar-refractivity contribution in [1.82, 2.24) is 0 Å². The van der Waals surface area contributed by atoms with E-state index in [2.05, 4.69) is 55.4 Å². The molecule has 0 saturated heterocycles. The molecule has 0 spiro atoms. The molecule has 1 rings (SSSR count). The van der Waals surface area contributed by atoms with Crippen LogP contribution < -0.4 is 0 Å². The Labute approximate surface area is 103 Å². The lowest BCUT2D eigenvalue weighted by Crippen LogP contribution is -2.51. The van der Waals surface area contributed by atoms with Crippen LogP contribution in [0.1, 0.15) is 61.8 Å². The van der Waals surface area contributed by atoms with E-state index in [1.165, 1.54) is 6.42 Å². The van der Waals surface area contributed by atoms with Gasteiger partial charge >= 0.3 is 0 Å². The Morgan fingerprint density at radius 1 is 0.875 bits per heavy atom. The quantitative estimate of drug-likeness (QED) is 0.613. The minimum atomic E-state index is 0.586. The predicted molar refractivity (Wildman–Crippen MR) is 73.4 cm³/mol. The summed E-state index contributed by atoms with van der Waals surface area (Å²) in [5, 5.41) is 0. The van der Waals surface area contributed by atoms with Gasteiger partial charge in [0.1, 0.15) is 0 Å². The summed E-state index contributed by atoms with van der Waals surface area (Å²) in [6.45, 7) is 19.6. The molecule has 0 bridgehead atoms. The second-order valence-electron chi connectivity index (χ2n) is 7.15. The van der Waals surface area contributed by atoms with Crippen LogP contribution in [0.25, 0.3) is 0 Å². The van der Waals surface area contributed by atoms with Crippen molar-refractivity contribution in [1.29, 1.82) is 0 Å². The summed E-state index contributed by atoms with van der Waals surface area (Å²) in [6.07, 6.45) is 1.43. The highest BCUT2D eigenvalue weighted by molar-refractivity contribution is 5.00. The maximum absolute atomic E-state index is 2.53. The van der Waals surface area contributed by atoms with Crippen LogP contribution in [0.3, 0.4) is 0 Å². The van der Waals surface area contributed by atoms with Gasteiger partial charge in [-0.2, -0.15) is 0 Å². The minimum absolute atomic E-state index is 0.586. The Balaban J connectivity index is 2.73. The van der Waals surface area contributed by atoms with Gasteiger partial charge < -0.3 is 0 Å². The van der Waals surface area contributed by atoms with Crippen LogP contribution in [-0.2, 0) is 0 Å². The molecule has 16 heavy (non-hydrogen) atoms. The van der Waals surface area contributed by atoms with Gasteiger partial charge in [0.25, 0.3) is 0 Å².